The van der Waals surface area contributed by atoms with Crippen LogP contribution >= 0.6 is 0 Å². The molecule has 1 aliphatic rings. The number of rotatable bonds is 6. The van der Waals surface area contributed by atoms with Gasteiger partial charge in [0.25, 0.3) is 0 Å². The van der Waals surface area contributed by atoms with Gasteiger partial charge in [-0.1, -0.05) is 13.8 Å². The fraction of sp³-hybridized carbons (Fsp3) is 0.923. The molecule has 0 aliphatic carbocycles. The Labute approximate surface area is 110 Å². The van der Waals surface area contributed by atoms with E-state index < -0.39 is 0 Å². The summed E-state index contributed by atoms with van der Waals surface area (Å²) in [6.07, 6.45) is 2.15. The van der Waals surface area contributed by atoms with Crippen molar-refractivity contribution in [3.63, 3.8) is 0 Å². The van der Waals surface area contributed by atoms with Crippen molar-refractivity contribution in [2.45, 2.75) is 32.7 Å². The highest BCUT2D eigenvalue weighted by molar-refractivity contribution is 5.81. The highest BCUT2D eigenvalue weighted by atomic mass is 16.5. The number of carbonyl (C=O) groups excluding carboxylic acids is 1. The van der Waals surface area contributed by atoms with Gasteiger partial charge in [0.2, 0.25) is 5.91 Å². The Kier molecular flexibility index (Phi) is 6.05. The summed E-state index contributed by atoms with van der Waals surface area (Å²) >= 11 is 0. The van der Waals surface area contributed by atoms with Crippen LogP contribution in [-0.2, 0) is 9.53 Å². The maximum absolute atomic E-state index is 11.7. The van der Waals surface area contributed by atoms with Crippen LogP contribution in [0, 0.1) is 5.41 Å². The summed E-state index contributed by atoms with van der Waals surface area (Å²) in [5.41, 5.74) is 5.91. The van der Waals surface area contributed by atoms with Crippen molar-refractivity contribution in [3.8, 4) is 0 Å². The third-order valence-corrected chi connectivity index (χ3v) is 3.64. The fourth-order valence-electron chi connectivity index (χ4n) is 2.18. The first-order chi connectivity index (χ1) is 8.50. The van der Waals surface area contributed by atoms with Gasteiger partial charge in [-0.05, 0) is 31.3 Å². The molecule has 0 bridgehead atoms. The second-order valence-electron chi connectivity index (χ2n) is 5.71. The zero-order valence-corrected chi connectivity index (χ0v) is 11.9. The van der Waals surface area contributed by atoms with Crippen molar-refractivity contribution in [1.29, 1.82) is 0 Å². The second-order valence-corrected chi connectivity index (χ2v) is 5.71. The van der Waals surface area contributed by atoms with Gasteiger partial charge in [0, 0.05) is 13.6 Å². The number of nitrogens with zero attached hydrogens (tertiary/aromatic N) is 1. The van der Waals surface area contributed by atoms with Crippen molar-refractivity contribution in [2.75, 3.05) is 39.9 Å². The van der Waals surface area contributed by atoms with Crippen LogP contribution in [0.3, 0.4) is 0 Å². The van der Waals surface area contributed by atoms with Crippen LogP contribution in [0.1, 0.15) is 26.7 Å². The van der Waals surface area contributed by atoms with E-state index in [9.17, 15) is 4.79 Å². The topological polar surface area (TPSA) is 67.6 Å². The molecule has 1 unspecified atom stereocenters. The molecule has 1 atom stereocenters. The van der Waals surface area contributed by atoms with E-state index in [2.05, 4.69) is 24.1 Å². The van der Waals surface area contributed by atoms with Gasteiger partial charge in [0.1, 0.15) is 6.04 Å². The van der Waals surface area contributed by atoms with Crippen LogP contribution < -0.4 is 11.1 Å². The van der Waals surface area contributed by atoms with Gasteiger partial charge in [-0.15, -0.1) is 0 Å². The Morgan fingerprint density at radius 1 is 1.56 bits per heavy atom. The lowest BCUT2D eigenvalue weighted by Crippen LogP contribution is -2.53. The molecule has 18 heavy (non-hydrogen) atoms. The van der Waals surface area contributed by atoms with Crippen molar-refractivity contribution >= 4 is 5.91 Å². The largest absolute Gasteiger partial charge is 0.378 e. The highest BCUT2D eigenvalue weighted by Crippen LogP contribution is 2.21. The van der Waals surface area contributed by atoms with E-state index in [1.54, 1.807) is 7.05 Å². The Hall–Kier alpha value is -0.650. The number of likely N-dealkylation sites (N-methyl/N-ethyl adjacent to an activating group) is 1. The van der Waals surface area contributed by atoms with E-state index in [4.69, 9.17) is 10.5 Å². The fourth-order valence-corrected chi connectivity index (χ4v) is 2.18. The number of hydrogen-bond acceptors (Lipinski definition) is 4. The van der Waals surface area contributed by atoms with E-state index >= 15 is 0 Å². The lowest BCUT2D eigenvalue weighted by atomic mass is 9.88. The third kappa shape index (κ3) is 4.55. The average molecular weight is 257 g/mol. The molecule has 1 saturated heterocycles. The summed E-state index contributed by atoms with van der Waals surface area (Å²) in [4.78, 5) is 14.0. The number of morpholine rings is 1. The van der Waals surface area contributed by atoms with E-state index in [1.165, 1.54) is 0 Å². The highest BCUT2D eigenvalue weighted by Gasteiger charge is 2.28. The van der Waals surface area contributed by atoms with Crippen LogP contribution in [-0.4, -0.2) is 56.7 Å². The average Bonchev–Trinajstić information content (AvgIpc) is 2.38. The SMILES string of the molecule is CNC(=O)C1COCCN1CCCC(C)(C)CN. The van der Waals surface area contributed by atoms with Crippen molar-refractivity contribution in [2.24, 2.45) is 11.1 Å². The van der Waals surface area contributed by atoms with Gasteiger partial charge in [-0.25, -0.2) is 0 Å². The first kappa shape index (κ1) is 15.4. The van der Waals surface area contributed by atoms with Crippen LogP contribution in [0.2, 0.25) is 0 Å². The van der Waals surface area contributed by atoms with Crippen LogP contribution in [0.5, 0.6) is 0 Å². The predicted octanol–water partition coefficient (Wildman–Crippen LogP) is 0.198. The van der Waals surface area contributed by atoms with Crippen LogP contribution in [0.15, 0.2) is 0 Å². The Morgan fingerprint density at radius 3 is 2.89 bits per heavy atom. The molecular weight excluding hydrogens is 230 g/mol. The molecule has 0 saturated carbocycles. The quantitative estimate of drug-likeness (QED) is 0.713. The third-order valence-electron chi connectivity index (χ3n) is 3.64. The van der Waals surface area contributed by atoms with E-state index in [0.717, 1.165) is 25.9 Å². The molecule has 106 valence electrons. The molecule has 0 spiro atoms. The first-order valence-electron chi connectivity index (χ1n) is 6.73. The van der Waals surface area contributed by atoms with Crippen molar-refractivity contribution in [1.82, 2.24) is 10.2 Å². The zero-order valence-electron chi connectivity index (χ0n) is 11.9. The van der Waals surface area contributed by atoms with Gasteiger partial charge in [-0.3, -0.25) is 9.69 Å². The molecule has 0 aromatic heterocycles. The number of hydrogen-bond donors (Lipinski definition) is 2. The molecule has 0 aromatic rings. The number of nitrogens with two attached hydrogens (primary N) is 1. The van der Waals surface area contributed by atoms with Crippen molar-refractivity contribution < 1.29 is 9.53 Å². The second kappa shape index (κ2) is 7.07. The minimum atomic E-state index is -0.135. The molecule has 3 N–H and O–H groups in total. The predicted molar refractivity (Wildman–Crippen MR) is 72.3 cm³/mol. The minimum absolute atomic E-state index is 0.0489. The minimum Gasteiger partial charge on any atom is -0.378 e. The van der Waals surface area contributed by atoms with Crippen LogP contribution in [0.25, 0.3) is 0 Å². The standard InChI is InChI=1S/C13H27N3O2/c1-13(2,10-14)5-4-6-16-7-8-18-9-11(16)12(17)15-3/h11H,4-10,14H2,1-3H3,(H,15,17). The molecule has 5 heteroatoms. The number of carbonyl (C=O) groups is 1. The maximum atomic E-state index is 11.7. The molecular formula is C13H27N3O2. The molecule has 1 heterocycles. The molecule has 0 radical (unpaired) electrons. The molecule has 1 fully saturated rings. The number of nitrogens with one attached hydrogen (secondary N) is 1. The van der Waals surface area contributed by atoms with Crippen molar-refractivity contribution in [3.05, 3.63) is 0 Å². The first-order valence-corrected chi connectivity index (χ1v) is 6.73. The van der Waals surface area contributed by atoms with Gasteiger partial charge in [-0.2, -0.15) is 0 Å². The zero-order chi connectivity index (χ0) is 13.6. The summed E-state index contributed by atoms with van der Waals surface area (Å²) < 4.78 is 5.38. The lowest BCUT2D eigenvalue weighted by Gasteiger charge is -2.35. The lowest BCUT2D eigenvalue weighted by molar-refractivity contribution is -0.132. The molecule has 1 rings (SSSR count). The van der Waals surface area contributed by atoms with Crippen LogP contribution in [0.4, 0.5) is 0 Å². The van der Waals surface area contributed by atoms with Gasteiger partial charge < -0.3 is 15.8 Å². The summed E-state index contributed by atoms with van der Waals surface area (Å²) in [6, 6.07) is -0.135. The maximum Gasteiger partial charge on any atom is 0.239 e. The monoisotopic (exact) mass is 257 g/mol. The molecule has 0 aromatic carbocycles. The summed E-state index contributed by atoms with van der Waals surface area (Å²) in [7, 11) is 1.67. The normalized spacial score (nSPS) is 21.9. The van der Waals surface area contributed by atoms with E-state index in [-0.39, 0.29) is 17.4 Å². The Bertz CT molecular complexity index is 269. The smallest absolute Gasteiger partial charge is 0.239 e. The Morgan fingerprint density at radius 2 is 2.28 bits per heavy atom. The summed E-state index contributed by atoms with van der Waals surface area (Å²) in [5, 5.41) is 2.70. The summed E-state index contributed by atoms with van der Waals surface area (Å²) in [6.45, 7) is 8.06. The van der Waals surface area contributed by atoms with E-state index in [0.29, 0.717) is 19.8 Å². The molecule has 5 nitrogen and oxygen atoms in total. The van der Waals surface area contributed by atoms with Gasteiger partial charge in [0.05, 0.1) is 13.2 Å². The number of ether oxygens (including phenoxy) is 1. The Balaban J connectivity index is 2.40. The molecule has 1 amide bonds. The van der Waals surface area contributed by atoms with E-state index in [1.807, 2.05) is 0 Å². The van der Waals surface area contributed by atoms with Gasteiger partial charge >= 0.3 is 0 Å². The van der Waals surface area contributed by atoms with Gasteiger partial charge in [0.15, 0.2) is 0 Å². The number of amides is 1. The summed E-state index contributed by atoms with van der Waals surface area (Å²) in [5.74, 6) is 0.0489. The molecule has 1 aliphatic heterocycles.